The van der Waals surface area contributed by atoms with Gasteiger partial charge in [-0.1, -0.05) is 26.7 Å². The number of nitrogens with zero attached hydrogens (tertiary/aromatic N) is 1. The van der Waals surface area contributed by atoms with Crippen LogP contribution in [0.15, 0.2) is 0 Å². The Balaban J connectivity index is 2.58. The fourth-order valence-corrected chi connectivity index (χ4v) is 2.57. The van der Waals surface area contributed by atoms with Gasteiger partial charge in [-0.3, -0.25) is 9.69 Å². The molecule has 2 atom stereocenters. The lowest BCUT2D eigenvalue weighted by Crippen LogP contribution is -2.47. The van der Waals surface area contributed by atoms with Gasteiger partial charge in [-0.25, -0.2) is 0 Å². The Bertz CT molecular complexity index is 200. The number of carboxylic acid groups (broad SMARTS) is 1. The molecule has 88 valence electrons. The van der Waals surface area contributed by atoms with E-state index in [4.69, 9.17) is 0 Å². The third-order valence-electron chi connectivity index (χ3n) is 3.32. The Labute approximate surface area is 92.5 Å². The van der Waals surface area contributed by atoms with Gasteiger partial charge in [-0.2, -0.15) is 0 Å². The second-order valence-corrected chi connectivity index (χ2v) is 4.65. The Morgan fingerprint density at radius 1 is 1.33 bits per heavy atom. The molecule has 0 radical (unpaired) electrons. The summed E-state index contributed by atoms with van der Waals surface area (Å²) in [6.45, 7) is 6.11. The Morgan fingerprint density at radius 3 is 2.40 bits per heavy atom. The molecule has 3 heteroatoms. The van der Waals surface area contributed by atoms with Crippen LogP contribution in [0, 0.1) is 5.92 Å². The summed E-state index contributed by atoms with van der Waals surface area (Å²) >= 11 is 0. The topological polar surface area (TPSA) is 40.5 Å². The van der Waals surface area contributed by atoms with Crippen molar-refractivity contribution in [2.75, 3.05) is 13.1 Å². The van der Waals surface area contributed by atoms with Crippen molar-refractivity contribution in [1.82, 2.24) is 4.90 Å². The molecule has 0 bridgehead atoms. The first-order valence-electron chi connectivity index (χ1n) is 6.13. The van der Waals surface area contributed by atoms with Crippen molar-refractivity contribution >= 4 is 5.97 Å². The van der Waals surface area contributed by atoms with E-state index in [1.165, 1.54) is 6.42 Å². The van der Waals surface area contributed by atoms with Gasteiger partial charge in [0.1, 0.15) is 6.04 Å². The summed E-state index contributed by atoms with van der Waals surface area (Å²) in [4.78, 5) is 13.4. The Hall–Kier alpha value is -0.570. The minimum atomic E-state index is -0.641. The van der Waals surface area contributed by atoms with E-state index >= 15 is 0 Å². The van der Waals surface area contributed by atoms with Crippen molar-refractivity contribution in [2.24, 2.45) is 5.92 Å². The summed E-state index contributed by atoms with van der Waals surface area (Å²) in [7, 11) is 0. The van der Waals surface area contributed by atoms with Gasteiger partial charge in [0.05, 0.1) is 0 Å². The highest BCUT2D eigenvalue weighted by Crippen LogP contribution is 2.21. The van der Waals surface area contributed by atoms with Crippen LogP contribution in [0.25, 0.3) is 0 Å². The molecule has 0 aromatic heterocycles. The van der Waals surface area contributed by atoms with Gasteiger partial charge in [0.2, 0.25) is 0 Å². The average molecular weight is 213 g/mol. The lowest BCUT2D eigenvalue weighted by Gasteiger charge is -2.35. The van der Waals surface area contributed by atoms with Crippen LogP contribution in [0.4, 0.5) is 0 Å². The first-order chi connectivity index (χ1) is 7.16. The van der Waals surface area contributed by atoms with Gasteiger partial charge in [0, 0.05) is 0 Å². The zero-order valence-corrected chi connectivity index (χ0v) is 9.91. The number of hydrogen-bond acceptors (Lipinski definition) is 2. The lowest BCUT2D eigenvalue weighted by atomic mass is 9.94. The molecular formula is C12H23NO2. The van der Waals surface area contributed by atoms with E-state index in [-0.39, 0.29) is 12.0 Å². The van der Waals surface area contributed by atoms with Gasteiger partial charge >= 0.3 is 5.97 Å². The summed E-state index contributed by atoms with van der Waals surface area (Å²) in [6, 6.07) is -0.259. The average Bonchev–Trinajstić information content (AvgIpc) is 2.19. The molecule has 3 nitrogen and oxygen atoms in total. The van der Waals surface area contributed by atoms with Crippen molar-refractivity contribution in [3.05, 3.63) is 0 Å². The maximum absolute atomic E-state index is 11.3. The van der Waals surface area contributed by atoms with Crippen molar-refractivity contribution in [3.63, 3.8) is 0 Å². The van der Waals surface area contributed by atoms with Crippen LogP contribution in [0.1, 0.15) is 46.0 Å². The molecule has 0 aromatic carbocycles. The van der Waals surface area contributed by atoms with Crippen LogP contribution in [0.3, 0.4) is 0 Å². The molecule has 1 rings (SSSR count). The SMILES string of the molecule is CCCC(C)C(C(=O)O)N1CCCCC1. The molecule has 0 aromatic rings. The summed E-state index contributed by atoms with van der Waals surface area (Å²) in [6.07, 6.45) is 5.64. The van der Waals surface area contributed by atoms with Crippen LogP contribution < -0.4 is 0 Å². The van der Waals surface area contributed by atoms with E-state index in [2.05, 4.69) is 18.7 Å². The number of rotatable bonds is 5. The highest BCUT2D eigenvalue weighted by molar-refractivity contribution is 5.73. The van der Waals surface area contributed by atoms with Crippen molar-refractivity contribution in [2.45, 2.75) is 52.0 Å². The van der Waals surface area contributed by atoms with Gasteiger partial charge in [-0.15, -0.1) is 0 Å². The van der Waals surface area contributed by atoms with E-state index in [1.807, 2.05) is 0 Å². The van der Waals surface area contributed by atoms with Crippen LogP contribution in [-0.4, -0.2) is 35.1 Å². The quantitative estimate of drug-likeness (QED) is 0.762. The largest absolute Gasteiger partial charge is 0.480 e. The highest BCUT2D eigenvalue weighted by Gasteiger charge is 2.30. The number of carbonyl (C=O) groups is 1. The first kappa shape index (κ1) is 12.5. The van der Waals surface area contributed by atoms with Gasteiger partial charge in [-0.05, 0) is 38.3 Å². The molecule has 1 fully saturated rings. The molecule has 1 N–H and O–H groups in total. The van der Waals surface area contributed by atoms with Crippen LogP contribution >= 0.6 is 0 Å². The third-order valence-corrected chi connectivity index (χ3v) is 3.32. The molecule has 1 heterocycles. The second-order valence-electron chi connectivity index (χ2n) is 4.65. The minimum absolute atomic E-state index is 0.259. The molecule has 0 spiro atoms. The maximum atomic E-state index is 11.3. The van der Waals surface area contributed by atoms with Crippen LogP contribution in [0.2, 0.25) is 0 Å². The molecule has 0 saturated carbocycles. The standard InChI is InChI=1S/C12H23NO2/c1-3-7-10(2)11(12(14)15)13-8-5-4-6-9-13/h10-11H,3-9H2,1-2H3,(H,14,15). The number of carboxylic acids is 1. The zero-order valence-electron chi connectivity index (χ0n) is 9.91. The van der Waals surface area contributed by atoms with Crippen molar-refractivity contribution in [3.8, 4) is 0 Å². The van der Waals surface area contributed by atoms with E-state index in [0.29, 0.717) is 0 Å². The van der Waals surface area contributed by atoms with E-state index in [9.17, 15) is 9.90 Å². The van der Waals surface area contributed by atoms with E-state index in [0.717, 1.165) is 38.8 Å². The Kier molecular flexibility index (Phi) is 5.09. The summed E-state index contributed by atoms with van der Waals surface area (Å²) < 4.78 is 0. The summed E-state index contributed by atoms with van der Waals surface area (Å²) in [5.74, 6) is -0.372. The highest BCUT2D eigenvalue weighted by atomic mass is 16.4. The Morgan fingerprint density at radius 2 is 1.93 bits per heavy atom. The van der Waals surface area contributed by atoms with Crippen molar-refractivity contribution < 1.29 is 9.90 Å². The molecule has 1 aliphatic heterocycles. The number of piperidine rings is 1. The first-order valence-corrected chi connectivity index (χ1v) is 6.13. The normalized spacial score (nSPS) is 22.3. The third kappa shape index (κ3) is 3.49. The summed E-state index contributed by atoms with van der Waals surface area (Å²) in [5, 5.41) is 9.28. The molecule has 1 aliphatic rings. The molecule has 15 heavy (non-hydrogen) atoms. The molecule has 0 amide bonds. The molecule has 0 aliphatic carbocycles. The maximum Gasteiger partial charge on any atom is 0.321 e. The fourth-order valence-electron chi connectivity index (χ4n) is 2.57. The molecule has 1 saturated heterocycles. The predicted molar refractivity (Wildman–Crippen MR) is 60.9 cm³/mol. The smallest absolute Gasteiger partial charge is 0.321 e. The monoisotopic (exact) mass is 213 g/mol. The minimum Gasteiger partial charge on any atom is -0.480 e. The van der Waals surface area contributed by atoms with Crippen LogP contribution in [0.5, 0.6) is 0 Å². The molecular weight excluding hydrogens is 190 g/mol. The number of hydrogen-bond donors (Lipinski definition) is 1. The zero-order chi connectivity index (χ0) is 11.3. The second kappa shape index (κ2) is 6.11. The van der Waals surface area contributed by atoms with Gasteiger partial charge in [0.15, 0.2) is 0 Å². The van der Waals surface area contributed by atoms with Gasteiger partial charge in [0.25, 0.3) is 0 Å². The fraction of sp³-hybridized carbons (Fsp3) is 0.917. The number of likely N-dealkylation sites (tertiary alicyclic amines) is 1. The lowest BCUT2D eigenvalue weighted by molar-refractivity contribution is -0.146. The van der Waals surface area contributed by atoms with E-state index in [1.54, 1.807) is 0 Å². The molecule has 2 unspecified atom stereocenters. The van der Waals surface area contributed by atoms with E-state index < -0.39 is 5.97 Å². The van der Waals surface area contributed by atoms with Crippen molar-refractivity contribution in [1.29, 1.82) is 0 Å². The predicted octanol–water partition coefficient (Wildman–Crippen LogP) is 2.36. The van der Waals surface area contributed by atoms with Crippen LogP contribution in [-0.2, 0) is 4.79 Å². The van der Waals surface area contributed by atoms with Gasteiger partial charge < -0.3 is 5.11 Å². The summed E-state index contributed by atoms with van der Waals surface area (Å²) in [5.41, 5.74) is 0. The number of aliphatic carboxylic acids is 1.